The lowest BCUT2D eigenvalue weighted by molar-refractivity contribution is -0.122. The van der Waals surface area contributed by atoms with Crippen LogP contribution in [0.25, 0.3) is 6.08 Å². The molecule has 2 aromatic rings. The number of benzene rings is 2. The molecule has 4 amide bonds. The second kappa shape index (κ2) is 8.49. The van der Waals surface area contributed by atoms with Crippen LogP contribution in [0.5, 0.6) is 11.5 Å². The number of halogens is 1. The first-order valence-corrected chi connectivity index (χ1v) is 9.60. The van der Waals surface area contributed by atoms with Crippen LogP contribution in [-0.2, 0) is 9.59 Å². The van der Waals surface area contributed by atoms with E-state index in [9.17, 15) is 19.5 Å². The van der Waals surface area contributed by atoms with Gasteiger partial charge in [0.1, 0.15) is 11.0 Å². The first-order valence-electron chi connectivity index (χ1n) is 8.41. The van der Waals surface area contributed by atoms with Crippen LogP contribution in [0, 0.1) is 17.6 Å². The van der Waals surface area contributed by atoms with Gasteiger partial charge in [-0.05, 0) is 60.2 Å². The first-order chi connectivity index (χ1) is 14.3. The van der Waals surface area contributed by atoms with E-state index in [2.05, 4.69) is 5.32 Å². The minimum absolute atomic E-state index is 0.0596. The van der Waals surface area contributed by atoms with Gasteiger partial charge in [-0.3, -0.25) is 14.9 Å². The van der Waals surface area contributed by atoms with Crippen LogP contribution in [0.3, 0.4) is 0 Å². The number of ether oxygens (including phenoxy) is 1. The monoisotopic (exact) mass is 443 g/mol. The fourth-order valence-electron chi connectivity index (χ4n) is 2.83. The number of anilines is 1. The minimum Gasteiger partial charge on any atom is -0.503 e. The van der Waals surface area contributed by atoms with E-state index in [1.807, 2.05) is 5.40 Å². The van der Waals surface area contributed by atoms with E-state index in [0.29, 0.717) is 27.9 Å². The summed E-state index contributed by atoms with van der Waals surface area (Å²) < 4.78 is 5.09. The van der Waals surface area contributed by atoms with Gasteiger partial charge in [0.25, 0.3) is 11.8 Å². The van der Waals surface area contributed by atoms with Crippen molar-refractivity contribution < 1.29 is 24.2 Å². The van der Waals surface area contributed by atoms with Gasteiger partial charge < -0.3 is 9.84 Å². The smallest absolute Gasteiger partial charge is 0.335 e. The van der Waals surface area contributed by atoms with Crippen molar-refractivity contribution in [2.75, 3.05) is 12.0 Å². The molecule has 1 saturated heterocycles. The number of thiocyanates is 1. The summed E-state index contributed by atoms with van der Waals surface area (Å²) in [4.78, 5) is 38.8. The third-order valence-electron chi connectivity index (χ3n) is 4.26. The molecular weight excluding hydrogens is 430 g/mol. The van der Waals surface area contributed by atoms with Crippen LogP contribution >= 0.6 is 23.4 Å². The van der Waals surface area contributed by atoms with Gasteiger partial charge in [0.05, 0.1) is 17.7 Å². The van der Waals surface area contributed by atoms with Crippen molar-refractivity contribution in [2.24, 2.45) is 0 Å². The lowest BCUT2D eigenvalue weighted by Crippen LogP contribution is -2.54. The third-order valence-corrected chi connectivity index (χ3v) is 5.12. The predicted molar refractivity (Wildman–Crippen MR) is 111 cm³/mol. The summed E-state index contributed by atoms with van der Waals surface area (Å²) in [6.07, 6.45) is 1.25. The SMILES string of the molecule is COc1cc(/C=C2/C(=O)NC(=O)N(c3cc(Cl)ccc3C)C2=O)cc(SC#N)c1O. The topological polar surface area (TPSA) is 120 Å². The quantitative estimate of drug-likeness (QED) is 0.320. The molecule has 2 aromatic carbocycles. The van der Waals surface area contributed by atoms with E-state index in [-0.39, 0.29) is 27.7 Å². The number of nitrogens with zero attached hydrogens (tertiary/aromatic N) is 2. The Kier molecular flexibility index (Phi) is 6.01. The lowest BCUT2D eigenvalue weighted by Gasteiger charge is -2.27. The highest BCUT2D eigenvalue weighted by Crippen LogP contribution is 2.38. The van der Waals surface area contributed by atoms with Gasteiger partial charge in [-0.1, -0.05) is 17.7 Å². The van der Waals surface area contributed by atoms with Crippen LogP contribution in [0.15, 0.2) is 40.8 Å². The number of methoxy groups -OCH3 is 1. The highest BCUT2D eigenvalue weighted by atomic mass is 35.5. The van der Waals surface area contributed by atoms with E-state index in [1.54, 1.807) is 19.1 Å². The normalized spacial score (nSPS) is 15.2. The highest BCUT2D eigenvalue weighted by Gasteiger charge is 2.37. The summed E-state index contributed by atoms with van der Waals surface area (Å²) in [5, 5.41) is 23.3. The van der Waals surface area contributed by atoms with Gasteiger partial charge in [-0.25, -0.2) is 9.69 Å². The van der Waals surface area contributed by atoms with Crippen molar-refractivity contribution in [1.82, 2.24) is 5.32 Å². The number of hydrogen-bond acceptors (Lipinski definition) is 7. The standard InChI is InChI=1S/C20H14ClN3O5S/c1-10-3-4-12(21)8-14(10)24-19(27)13(18(26)23-20(24)28)5-11-6-15(29-2)17(25)16(7-11)30-9-22/h3-8,25H,1-2H3,(H,23,26,28)/b13-5-. The molecule has 1 heterocycles. The van der Waals surface area contributed by atoms with Crippen molar-refractivity contribution in [2.45, 2.75) is 11.8 Å². The Labute approximate surface area is 180 Å². The van der Waals surface area contributed by atoms with Crippen LogP contribution in [0.1, 0.15) is 11.1 Å². The van der Waals surface area contributed by atoms with E-state index >= 15 is 0 Å². The molecule has 0 unspecified atom stereocenters. The van der Waals surface area contributed by atoms with Crippen LogP contribution in [0.2, 0.25) is 5.02 Å². The number of hydrogen-bond donors (Lipinski definition) is 2. The average Bonchev–Trinajstić information content (AvgIpc) is 2.70. The molecule has 8 nitrogen and oxygen atoms in total. The van der Waals surface area contributed by atoms with Crippen molar-refractivity contribution in [3.8, 4) is 16.9 Å². The molecule has 0 atom stereocenters. The molecule has 30 heavy (non-hydrogen) atoms. The number of carbonyl (C=O) groups is 3. The zero-order valence-electron chi connectivity index (χ0n) is 15.7. The molecule has 0 saturated carbocycles. The van der Waals surface area contributed by atoms with E-state index in [4.69, 9.17) is 21.6 Å². The summed E-state index contributed by atoms with van der Waals surface area (Å²) in [6.45, 7) is 1.70. The molecule has 1 aliphatic rings. The Morgan fingerprint density at radius 2 is 2.00 bits per heavy atom. The maximum atomic E-state index is 13.0. The molecule has 2 N–H and O–H groups in total. The van der Waals surface area contributed by atoms with Gasteiger partial charge in [-0.15, -0.1) is 0 Å². The van der Waals surface area contributed by atoms with Crippen molar-refractivity contribution in [3.05, 3.63) is 52.1 Å². The second-order valence-electron chi connectivity index (χ2n) is 6.15. The number of carbonyl (C=O) groups excluding carboxylic acids is 3. The average molecular weight is 444 g/mol. The number of nitriles is 1. The summed E-state index contributed by atoms with van der Waals surface area (Å²) >= 11 is 6.70. The molecule has 0 radical (unpaired) electrons. The Bertz CT molecular complexity index is 1160. The van der Waals surface area contributed by atoms with Gasteiger partial charge in [0, 0.05) is 5.02 Å². The van der Waals surface area contributed by atoms with E-state index < -0.39 is 17.8 Å². The van der Waals surface area contributed by atoms with E-state index in [0.717, 1.165) is 4.90 Å². The Hall–Kier alpha value is -3.48. The van der Waals surface area contributed by atoms with Crippen molar-refractivity contribution >= 4 is 53.0 Å². The molecule has 0 bridgehead atoms. The number of thioether (sulfide) groups is 1. The number of imide groups is 2. The predicted octanol–water partition coefficient (Wildman–Crippen LogP) is 3.60. The van der Waals surface area contributed by atoms with Crippen molar-refractivity contribution in [1.29, 1.82) is 5.26 Å². The van der Waals surface area contributed by atoms with Crippen LogP contribution < -0.4 is 15.0 Å². The van der Waals surface area contributed by atoms with Crippen molar-refractivity contribution in [3.63, 3.8) is 0 Å². The first kappa shape index (κ1) is 21.2. The molecule has 0 aromatic heterocycles. The number of amides is 4. The third kappa shape index (κ3) is 3.96. The Balaban J connectivity index is 2.10. The molecule has 0 aliphatic carbocycles. The zero-order valence-corrected chi connectivity index (χ0v) is 17.3. The van der Waals surface area contributed by atoms with Crippen LogP contribution in [0.4, 0.5) is 10.5 Å². The summed E-state index contributed by atoms with van der Waals surface area (Å²) in [5.74, 6) is -1.89. The number of phenols is 1. The molecule has 0 spiro atoms. The fourth-order valence-corrected chi connectivity index (χ4v) is 3.49. The van der Waals surface area contributed by atoms with Gasteiger partial charge in [-0.2, -0.15) is 5.26 Å². The summed E-state index contributed by atoms with van der Waals surface area (Å²) in [7, 11) is 1.33. The number of phenolic OH excluding ortho intramolecular Hbond substituents is 1. The lowest BCUT2D eigenvalue weighted by atomic mass is 10.1. The fraction of sp³-hybridized carbons (Fsp3) is 0.100. The Morgan fingerprint density at radius 1 is 1.27 bits per heavy atom. The second-order valence-corrected chi connectivity index (χ2v) is 7.41. The summed E-state index contributed by atoms with van der Waals surface area (Å²) in [5.41, 5.74) is 0.857. The van der Waals surface area contributed by atoms with Gasteiger partial charge in [0.15, 0.2) is 11.5 Å². The molecule has 10 heteroatoms. The number of barbiturate groups is 1. The van der Waals surface area contributed by atoms with E-state index in [1.165, 1.54) is 31.4 Å². The minimum atomic E-state index is -0.892. The number of aromatic hydroxyl groups is 1. The Morgan fingerprint density at radius 3 is 2.67 bits per heavy atom. The highest BCUT2D eigenvalue weighted by molar-refractivity contribution is 8.03. The number of aryl methyl sites for hydroxylation is 1. The zero-order chi connectivity index (χ0) is 22.0. The maximum Gasteiger partial charge on any atom is 0.335 e. The maximum absolute atomic E-state index is 13.0. The van der Waals surface area contributed by atoms with Gasteiger partial charge in [0.2, 0.25) is 0 Å². The number of rotatable bonds is 4. The van der Waals surface area contributed by atoms with Gasteiger partial charge >= 0.3 is 6.03 Å². The molecule has 1 aliphatic heterocycles. The molecular formula is C20H14ClN3O5S. The molecule has 1 fully saturated rings. The molecule has 152 valence electrons. The number of nitrogens with one attached hydrogen (secondary N) is 1. The summed E-state index contributed by atoms with van der Waals surface area (Å²) in [6, 6.07) is 6.64. The molecule has 3 rings (SSSR count). The van der Waals surface area contributed by atoms with Crippen LogP contribution in [-0.4, -0.2) is 30.1 Å². The largest absolute Gasteiger partial charge is 0.503 e. The number of urea groups is 1.